The van der Waals surface area contributed by atoms with E-state index in [0.717, 1.165) is 20.7 Å². The van der Waals surface area contributed by atoms with Crippen LogP contribution < -0.4 is 0 Å². The highest BCUT2D eigenvalue weighted by Crippen LogP contribution is 2.40. The summed E-state index contributed by atoms with van der Waals surface area (Å²) in [4.78, 5) is 8.83. The van der Waals surface area contributed by atoms with E-state index in [-0.39, 0.29) is 0 Å². The van der Waals surface area contributed by atoms with E-state index in [2.05, 4.69) is 56.8 Å². The first-order valence-corrected chi connectivity index (χ1v) is 7.41. The molecule has 0 saturated heterocycles. The maximum absolute atomic E-state index is 6.10. The molecule has 0 atom stereocenters. The summed E-state index contributed by atoms with van der Waals surface area (Å²) < 4.78 is 0.924. The first-order valence-electron chi connectivity index (χ1n) is 5.95. The van der Waals surface area contributed by atoms with E-state index >= 15 is 0 Å². The summed E-state index contributed by atoms with van der Waals surface area (Å²) in [5.41, 5.74) is 3.38. The molecule has 18 heavy (non-hydrogen) atoms. The van der Waals surface area contributed by atoms with Crippen LogP contribution in [0.25, 0.3) is 11.4 Å². The molecular formula is C14H12ClIN2. The van der Waals surface area contributed by atoms with Crippen LogP contribution in [0, 0.1) is 10.5 Å². The number of benzene rings is 1. The Bertz CT molecular complexity index is 568. The molecule has 1 saturated carbocycles. The number of nitrogens with zero attached hydrogens (tertiary/aromatic N) is 2. The molecule has 0 N–H and O–H groups in total. The van der Waals surface area contributed by atoms with Crippen molar-refractivity contribution in [3.8, 4) is 11.4 Å². The van der Waals surface area contributed by atoms with Crippen molar-refractivity contribution in [2.45, 2.75) is 25.7 Å². The molecule has 0 bridgehead atoms. The Kier molecular flexibility index (Phi) is 3.28. The molecule has 3 rings (SSSR count). The smallest absolute Gasteiger partial charge is 0.161 e. The van der Waals surface area contributed by atoms with Gasteiger partial charge in [0.25, 0.3) is 0 Å². The van der Waals surface area contributed by atoms with Crippen LogP contribution in [-0.4, -0.2) is 9.97 Å². The van der Waals surface area contributed by atoms with Crippen molar-refractivity contribution < 1.29 is 0 Å². The molecule has 92 valence electrons. The minimum absolute atomic E-state index is 0.532. The van der Waals surface area contributed by atoms with Crippen LogP contribution in [0.1, 0.15) is 30.0 Å². The molecule has 0 aliphatic heterocycles. The molecule has 4 heteroatoms. The van der Waals surface area contributed by atoms with Gasteiger partial charge in [0, 0.05) is 5.56 Å². The summed E-state index contributed by atoms with van der Waals surface area (Å²) in [6.07, 6.45) is 2.65. The zero-order valence-corrected chi connectivity index (χ0v) is 12.9. The lowest BCUT2D eigenvalue weighted by Crippen LogP contribution is -1.96. The van der Waals surface area contributed by atoms with Crippen molar-refractivity contribution in [3.63, 3.8) is 0 Å². The van der Waals surface area contributed by atoms with Gasteiger partial charge >= 0.3 is 0 Å². The summed E-state index contributed by atoms with van der Waals surface area (Å²) in [7, 11) is 0. The molecule has 2 nitrogen and oxygen atoms in total. The Balaban J connectivity index is 1.98. The molecular weight excluding hydrogens is 359 g/mol. The summed E-state index contributed by atoms with van der Waals surface area (Å²) >= 11 is 8.27. The normalized spacial score (nSPS) is 14.8. The van der Waals surface area contributed by atoms with E-state index in [1.807, 2.05) is 6.92 Å². The first-order chi connectivity index (χ1) is 8.65. The summed E-state index contributed by atoms with van der Waals surface area (Å²) in [5, 5.41) is 0.532. The molecule has 0 spiro atoms. The van der Waals surface area contributed by atoms with Crippen molar-refractivity contribution >= 4 is 34.2 Å². The van der Waals surface area contributed by atoms with Crippen LogP contribution in [0.5, 0.6) is 0 Å². The standard InChI is InChI=1S/C14H12ClIN2/c1-8-12(16)13(15)18-14(17-8)11-6-4-10(5-7-11)9-2-3-9/h4-7,9H,2-3H2,1H3. The summed E-state index contributed by atoms with van der Waals surface area (Å²) in [5.74, 6) is 1.49. The van der Waals surface area contributed by atoms with E-state index in [9.17, 15) is 0 Å². The average Bonchev–Trinajstić information content (AvgIpc) is 3.20. The number of hydrogen-bond donors (Lipinski definition) is 0. The van der Waals surface area contributed by atoms with Gasteiger partial charge in [0.2, 0.25) is 0 Å². The van der Waals surface area contributed by atoms with E-state index in [1.54, 1.807) is 0 Å². The quantitative estimate of drug-likeness (QED) is 0.571. The first kappa shape index (κ1) is 12.4. The van der Waals surface area contributed by atoms with Gasteiger partial charge in [0.05, 0.1) is 9.26 Å². The molecule has 2 aromatic rings. The third kappa shape index (κ3) is 2.38. The minimum Gasteiger partial charge on any atom is -0.232 e. The van der Waals surface area contributed by atoms with E-state index < -0.39 is 0 Å². The number of aromatic nitrogens is 2. The molecule has 1 heterocycles. The van der Waals surface area contributed by atoms with Gasteiger partial charge in [-0.25, -0.2) is 9.97 Å². The predicted molar refractivity (Wildman–Crippen MR) is 81.9 cm³/mol. The number of rotatable bonds is 2. The Morgan fingerprint density at radius 1 is 1.17 bits per heavy atom. The van der Waals surface area contributed by atoms with Crippen LogP contribution in [0.15, 0.2) is 24.3 Å². The van der Waals surface area contributed by atoms with Crippen molar-refractivity contribution in [2.24, 2.45) is 0 Å². The maximum Gasteiger partial charge on any atom is 0.161 e. The molecule has 0 unspecified atom stereocenters. The Morgan fingerprint density at radius 3 is 2.39 bits per heavy atom. The largest absolute Gasteiger partial charge is 0.232 e. The van der Waals surface area contributed by atoms with Crippen molar-refractivity contribution in [1.82, 2.24) is 9.97 Å². The third-order valence-electron chi connectivity index (χ3n) is 3.19. The van der Waals surface area contributed by atoms with Gasteiger partial charge in [0.1, 0.15) is 5.15 Å². The highest BCUT2D eigenvalue weighted by Gasteiger charge is 2.23. The SMILES string of the molecule is Cc1nc(-c2ccc(C3CC3)cc2)nc(Cl)c1I. The predicted octanol–water partition coefficient (Wildman–Crippen LogP) is 4.59. The second-order valence-corrected chi connectivity index (χ2v) is 6.07. The van der Waals surface area contributed by atoms with Gasteiger partial charge in [0.15, 0.2) is 5.82 Å². The third-order valence-corrected chi connectivity index (χ3v) is 5.08. The molecule has 0 radical (unpaired) electrons. The summed E-state index contributed by atoms with van der Waals surface area (Å²) in [6.45, 7) is 1.96. The zero-order valence-electron chi connectivity index (χ0n) is 9.95. The lowest BCUT2D eigenvalue weighted by Gasteiger charge is -2.06. The zero-order chi connectivity index (χ0) is 12.7. The second-order valence-electron chi connectivity index (χ2n) is 4.63. The lowest BCUT2D eigenvalue weighted by atomic mass is 10.1. The Labute approximate surface area is 125 Å². The Hall–Kier alpha value is -0.680. The number of aryl methyl sites for hydroxylation is 1. The highest BCUT2D eigenvalue weighted by atomic mass is 127. The highest BCUT2D eigenvalue weighted by molar-refractivity contribution is 14.1. The van der Waals surface area contributed by atoms with Crippen LogP contribution in [0.2, 0.25) is 5.15 Å². The maximum atomic E-state index is 6.10. The van der Waals surface area contributed by atoms with Gasteiger partial charge in [-0.1, -0.05) is 35.9 Å². The van der Waals surface area contributed by atoms with Crippen molar-refractivity contribution in [2.75, 3.05) is 0 Å². The number of hydrogen-bond acceptors (Lipinski definition) is 2. The molecule has 1 aliphatic rings. The van der Waals surface area contributed by atoms with E-state index in [0.29, 0.717) is 11.0 Å². The molecule has 1 aliphatic carbocycles. The monoisotopic (exact) mass is 370 g/mol. The molecule has 1 aromatic heterocycles. The second kappa shape index (κ2) is 4.78. The van der Waals surface area contributed by atoms with Gasteiger partial charge in [-0.05, 0) is 53.8 Å². The molecule has 0 amide bonds. The van der Waals surface area contributed by atoms with Crippen LogP contribution in [0.4, 0.5) is 0 Å². The molecule has 1 fully saturated rings. The average molecular weight is 371 g/mol. The summed E-state index contributed by atoms with van der Waals surface area (Å²) in [6, 6.07) is 8.53. The van der Waals surface area contributed by atoms with E-state index in [4.69, 9.17) is 11.6 Å². The van der Waals surface area contributed by atoms with E-state index in [1.165, 1.54) is 18.4 Å². The lowest BCUT2D eigenvalue weighted by molar-refractivity contribution is 1.09. The number of halogens is 2. The van der Waals surface area contributed by atoms with Gasteiger partial charge < -0.3 is 0 Å². The van der Waals surface area contributed by atoms with Crippen molar-refractivity contribution in [1.29, 1.82) is 0 Å². The van der Waals surface area contributed by atoms with Crippen LogP contribution in [0.3, 0.4) is 0 Å². The topological polar surface area (TPSA) is 25.8 Å². The van der Waals surface area contributed by atoms with Crippen LogP contribution in [-0.2, 0) is 0 Å². The van der Waals surface area contributed by atoms with Gasteiger partial charge in [-0.2, -0.15) is 0 Å². The van der Waals surface area contributed by atoms with Gasteiger partial charge in [-0.3, -0.25) is 0 Å². The van der Waals surface area contributed by atoms with Gasteiger partial charge in [-0.15, -0.1) is 0 Å². The fraction of sp³-hybridized carbons (Fsp3) is 0.286. The van der Waals surface area contributed by atoms with Crippen molar-refractivity contribution in [3.05, 3.63) is 44.2 Å². The fourth-order valence-corrected chi connectivity index (χ4v) is 2.43. The minimum atomic E-state index is 0.532. The Morgan fingerprint density at radius 2 is 1.83 bits per heavy atom. The fourth-order valence-electron chi connectivity index (χ4n) is 1.97. The molecule has 1 aromatic carbocycles. The van der Waals surface area contributed by atoms with Crippen LogP contribution >= 0.6 is 34.2 Å².